The Morgan fingerprint density at radius 1 is 0.889 bits per heavy atom. The first-order chi connectivity index (χ1) is 13.1. The average Bonchev–Trinajstić information content (AvgIpc) is 3.10. The number of nitrogens with zero attached hydrogens (tertiary/aromatic N) is 3. The Morgan fingerprint density at radius 2 is 1.56 bits per heavy atom. The van der Waals surface area contributed by atoms with Gasteiger partial charge in [-0.15, -0.1) is 10.2 Å². The summed E-state index contributed by atoms with van der Waals surface area (Å²) in [7, 11) is 0. The number of carbonyl (C=O) groups excluding carboxylic acids is 1. The van der Waals surface area contributed by atoms with Crippen LogP contribution in [0.3, 0.4) is 0 Å². The fourth-order valence-electron chi connectivity index (χ4n) is 2.89. The van der Waals surface area contributed by atoms with E-state index >= 15 is 0 Å². The summed E-state index contributed by atoms with van der Waals surface area (Å²) in [6, 6.07) is 21.6. The lowest BCUT2D eigenvalue weighted by Gasteiger charge is -2.15. The van der Waals surface area contributed by atoms with Crippen molar-refractivity contribution in [3.05, 3.63) is 95.2 Å². The van der Waals surface area contributed by atoms with E-state index in [2.05, 4.69) is 10.2 Å². The molecule has 27 heavy (non-hydrogen) atoms. The maximum Gasteiger partial charge on any atom is 0.196 e. The standard InChI is InChI=1S/C22H19N3OS/c1-15-6-10-17(11-7-15)20(26)21(18-12-8-16(2)9-13-18)27-22-24-23-19-5-3-4-14-25(19)22/h3-14,21H,1-2H3. The smallest absolute Gasteiger partial charge is 0.196 e. The van der Waals surface area contributed by atoms with Crippen LogP contribution in [0.4, 0.5) is 0 Å². The Kier molecular flexibility index (Phi) is 4.77. The number of pyridine rings is 1. The molecule has 0 bridgehead atoms. The molecule has 0 fully saturated rings. The molecule has 1 unspecified atom stereocenters. The van der Waals surface area contributed by atoms with Crippen molar-refractivity contribution in [3.63, 3.8) is 0 Å². The van der Waals surface area contributed by atoms with E-state index in [4.69, 9.17) is 0 Å². The highest BCUT2D eigenvalue weighted by Crippen LogP contribution is 2.37. The summed E-state index contributed by atoms with van der Waals surface area (Å²) in [5.74, 6) is 0.0662. The zero-order valence-electron chi connectivity index (χ0n) is 15.2. The fourth-order valence-corrected chi connectivity index (χ4v) is 3.99. The molecule has 0 aliphatic carbocycles. The third kappa shape index (κ3) is 3.64. The van der Waals surface area contributed by atoms with Crippen LogP contribution in [0, 0.1) is 13.8 Å². The van der Waals surface area contributed by atoms with Gasteiger partial charge in [-0.25, -0.2) is 0 Å². The van der Waals surface area contributed by atoms with Crippen molar-refractivity contribution in [2.45, 2.75) is 24.3 Å². The van der Waals surface area contributed by atoms with E-state index in [0.29, 0.717) is 10.7 Å². The Hall–Kier alpha value is -2.92. The van der Waals surface area contributed by atoms with Crippen LogP contribution in [0.5, 0.6) is 0 Å². The lowest BCUT2D eigenvalue weighted by Crippen LogP contribution is -2.11. The molecular weight excluding hydrogens is 354 g/mol. The molecule has 2 aromatic heterocycles. The Balaban J connectivity index is 1.74. The summed E-state index contributed by atoms with van der Waals surface area (Å²) in [6.45, 7) is 4.06. The number of hydrogen-bond donors (Lipinski definition) is 0. The molecule has 0 N–H and O–H groups in total. The van der Waals surface area contributed by atoms with Gasteiger partial charge in [0.15, 0.2) is 16.6 Å². The number of carbonyl (C=O) groups is 1. The molecule has 1 atom stereocenters. The molecule has 4 nitrogen and oxygen atoms in total. The van der Waals surface area contributed by atoms with Gasteiger partial charge >= 0.3 is 0 Å². The number of Topliss-reactive ketones (excluding diaryl/α,β-unsaturated/α-hetero) is 1. The van der Waals surface area contributed by atoms with Gasteiger partial charge in [0.25, 0.3) is 0 Å². The number of rotatable bonds is 5. The summed E-state index contributed by atoms with van der Waals surface area (Å²) in [5.41, 5.74) is 4.73. The van der Waals surface area contributed by atoms with Crippen LogP contribution in [-0.2, 0) is 0 Å². The number of aromatic nitrogens is 3. The van der Waals surface area contributed by atoms with Gasteiger partial charge in [-0.1, -0.05) is 77.5 Å². The zero-order valence-corrected chi connectivity index (χ0v) is 16.0. The molecule has 0 saturated carbocycles. The largest absolute Gasteiger partial charge is 0.293 e. The van der Waals surface area contributed by atoms with E-state index in [1.54, 1.807) is 0 Å². The molecule has 5 heteroatoms. The zero-order chi connectivity index (χ0) is 18.8. The van der Waals surface area contributed by atoms with Gasteiger partial charge in [0.2, 0.25) is 0 Å². The van der Waals surface area contributed by atoms with Crippen LogP contribution in [0.2, 0.25) is 0 Å². The highest BCUT2D eigenvalue weighted by molar-refractivity contribution is 8.00. The van der Waals surface area contributed by atoms with Gasteiger partial charge in [0.05, 0.1) is 0 Å². The van der Waals surface area contributed by atoms with Crippen molar-refractivity contribution >= 4 is 23.2 Å². The molecule has 4 rings (SSSR count). The van der Waals surface area contributed by atoms with E-state index in [-0.39, 0.29) is 11.0 Å². The van der Waals surface area contributed by atoms with E-state index < -0.39 is 0 Å². The number of benzene rings is 2. The van der Waals surface area contributed by atoms with Gasteiger partial charge in [0.1, 0.15) is 5.25 Å². The number of hydrogen-bond acceptors (Lipinski definition) is 4. The van der Waals surface area contributed by atoms with Gasteiger partial charge in [-0.05, 0) is 31.5 Å². The topological polar surface area (TPSA) is 47.3 Å². The van der Waals surface area contributed by atoms with Crippen LogP contribution in [0.1, 0.15) is 32.3 Å². The van der Waals surface area contributed by atoms with Crippen molar-refractivity contribution in [2.24, 2.45) is 0 Å². The van der Waals surface area contributed by atoms with Crippen LogP contribution in [0.15, 0.2) is 78.1 Å². The first kappa shape index (κ1) is 17.5. The number of thioether (sulfide) groups is 1. The second-order valence-corrected chi connectivity index (χ2v) is 7.62. The minimum absolute atomic E-state index is 0.0662. The highest BCUT2D eigenvalue weighted by Gasteiger charge is 2.25. The first-order valence-electron chi connectivity index (χ1n) is 8.76. The maximum atomic E-state index is 13.3. The van der Waals surface area contributed by atoms with Crippen molar-refractivity contribution < 1.29 is 4.79 Å². The Bertz CT molecular complexity index is 1080. The molecule has 0 amide bonds. The fraction of sp³-hybridized carbons (Fsp3) is 0.136. The lowest BCUT2D eigenvalue weighted by molar-refractivity contribution is 0.0989. The van der Waals surface area contributed by atoms with Crippen molar-refractivity contribution in [2.75, 3.05) is 0 Å². The maximum absolute atomic E-state index is 13.3. The summed E-state index contributed by atoms with van der Waals surface area (Å²) in [4.78, 5) is 13.3. The van der Waals surface area contributed by atoms with Crippen molar-refractivity contribution in [1.29, 1.82) is 0 Å². The average molecular weight is 373 g/mol. The molecule has 4 aromatic rings. The molecule has 0 spiro atoms. The first-order valence-corrected chi connectivity index (χ1v) is 9.63. The SMILES string of the molecule is Cc1ccc(C(=O)C(Sc2nnc3ccccn23)c2ccc(C)cc2)cc1. The molecule has 0 radical (unpaired) electrons. The Morgan fingerprint density at radius 3 is 2.26 bits per heavy atom. The molecular formula is C22H19N3OS. The van der Waals surface area contributed by atoms with E-state index in [9.17, 15) is 4.79 Å². The van der Waals surface area contributed by atoms with E-state index in [1.165, 1.54) is 17.3 Å². The molecule has 0 saturated heterocycles. The Labute approximate surface area is 162 Å². The monoisotopic (exact) mass is 373 g/mol. The van der Waals surface area contributed by atoms with Crippen LogP contribution in [0.25, 0.3) is 5.65 Å². The second-order valence-electron chi connectivity index (χ2n) is 6.55. The van der Waals surface area contributed by atoms with Crippen LogP contribution in [-0.4, -0.2) is 20.4 Å². The predicted octanol–water partition coefficient (Wildman–Crippen LogP) is 5.06. The molecule has 134 valence electrons. The normalized spacial score (nSPS) is 12.2. The second kappa shape index (κ2) is 7.37. The quantitative estimate of drug-likeness (QED) is 0.362. The van der Waals surface area contributed by atoms with Gasteiger partial charge in [-0.2, -0.15) is 0 Å². The molecule has 2 aromatic carbocycles. The summed E-state index contributed by atoms with van der Waals surface area (Å²) >= 11 is 1.43. The molecule has 0 aliphatic rings. The highest BCUT2D eigenvalue weighted by atomic mass is 32.2. The van der Waals surface area contributed by atoms with E-state index in [0.717, 1.165) is 16.8 Å². The van der Waals surface area contributed by atoms with Crippen LogP contribution >= 0.6 is 11.8 Å². The van der Waals surface area contributed by atoms with E-state index in [1.807, 2.05) is 91.2 Å². The summed E-state index contributed by atoms with van der Waals surface area (Å²) < 4.78 is 1.91. The number of ketones is 1. The van der Waals surface area contributed by atoms with Crippen molar-refractivity contribution in [1.82, 2.24) is 14.6 Å². The number of aryl methyl sites for hydroxylation is 2. The third-order valence-electron chi connectivity index (χ3n) is 4.46. The molecule has 2 heterocycles. The summed E-state index contributed by atoms with van der Waals surface area (Å²) in [5, 5.41) is 8.81. The molecule has 0 aliphatic heterocycles. The summed E-state index contributed by atoms with van der Waals surface area (Å²) in [6.07, 6.45) is 1.92. The predicted molar refractivity (Wildman–Crippen MR) is 108 cm³/mol. The third-order valence-corrected chi connectivity index (χ3v) is 5.67. The minimum atomic E-state index is -0.388. The van der Waals surface area contributed by atoms with Gasteiger partial charge < -0.3 is 0 Å². The minimum Gasteiger partial charge on any atom is -0.293 e. The van der Waals surface area contributed by atoms with Gasteiger partial charge in [0, 0.05) is 11.8 Å². The van der Waals surface area contributed by atoms with Crippen molar-refractivity contribution in [3.8, 4) is 0 Å². The van der Waals surface area contributed by atoms with Gasteiger partial charge in [-0.3, -0.25) is 9.20 Å². The lowest BCUT2D eigenvalue weighted by atomic mass is 10.0. The van der Waals surface area contributed by atoms with Crippen LogP contribution < -0.4 is 0 Å². The number of fused-ring (bicyclic) bond motifs is 1.